The van der Waals surface area contributed by atoms with Crippen LogP contribution in [-0.2, 0) is 0 Å². The van der Waals surface area contributed by atoms with E-state index in [-0.39, 0.29) is 11.8 Å². The van der Waals surface area contributed by atoms with E-state index < -0.39 is 0 Å². The van der Waals surface area contributed by atoms with Crippen LogP contribution >= 0.6 is 0 Å². The number of benzene rings is 2. The zero-order chi connectivity index (χ0) is 21.4. The molecule has 0 saturated heterocycles. The van der Waals surface area contributed by atoms with Crippen LogP contribution in [0.4, 0.5) is 5.69 Å². The van der Waals surface area contributed by atoms with Crippen LogP contribution in [0.2, 0.25) is 0 Å². The monoisotopic (exact) mass is 398 g/mol. The molecule has 4 rings (SSSR count). The number of rotatable bonds is 4. The Bertz CT molecular complexity index is 1240. The summed E-state index contributed by atoms with van der Waals surface area (Å²) >= 11 is 0. The van der Waals surface area contributed by atoms with Gasteiger partial charge in [0.25, 0.3) is 5.91 Å². The summed E-state index contributed by atoms with van der Waals surface area (Å²) in [6.07, 6.45) is 1.68. The normalized spacial score (nSPS) is 11.3. The smallest absolute Gasteiger partial charge is 0.259 e. The van der Waals surface area contributed by atoms with Crippen LogP contribution in [-0.4, -0.2) is 20.5 Å². The first kappa shape index (κ1) is 19.8. The second-order valence-electron chi connectivity index (χ2n) is 8.03. The molecule has 0 aliphatic rings. The van der Waals surface area contributed by atoms with Gasteiger partial charge < -0.3 is 5.32 Å². The molecule has 2 aromatic heterocycles. The van der Waals surface area contributed by atoms with Crippen molar-refractivity contribution in [3.05, 3.63) is 82.8 Å². The highest BCUT2D eigenvalue weighted by molar-refractivity contribution is 6.05. The maximum Gasteiger partial charge on any atom is 0.259 e. The molecular formula is C25H26N4O. The van der Waals surface area contributed by atoms with Gasteiger partial charge in [0.2, 0.25) is 0 Å². The summed E-state index contributed by atoms with van der Waals surface area (Å²) in [5.41, 5.74) is 8.23. The van der Waals surface area contributed by atoms with Crippen LogP contribution in [0.1, 0.15) is 52.6 Å². The number of nitrogens with zero attached hydrogens (tertiary/aromatic N) is 3. The van der Waals surface area contributed by atoms with Gasteiger partial charge in [0.1, 0.15) is 0 Å². The Labute approximate surface area is 176 Å². The lowest BCUT2D eigenvalue weighted by Gasteiger charge is -2.15. The van der Waals surface area contributed by atoms with E-state index in [0.29, 0.717) is 5.56 Å². The molecule has 4 aromatic rings. The van der Waals surface area contributed by atoms with Crippen molar-refractivity contribution in [1.29, 1.82) is 0 Å². The maximum absolute atomic E-state index is 13.1. The molecule has 5 nitrogen and oxygen atoms in total. The molecule has 0 spiro atoms. The summed E-state index contributed by atoms with van der Waals surface area (Å²) in [4.78, 5) is 17.8. The predicted molar refractivity (Wildman–Crippen MR) is 121 cm³/mol. The van der Waals surface area contributed by atoms with Crippen LogP contribution in [0.3, 0.4) is 0 Å². The van der Waals surface area contributed by atoms with Gasteiger partial charge in [-0.1, -0.05) is 50.2 Å². The molecule has 5 heteroatoms. The number of hydrogen-bond donors (Lipinski definition) is 1. The Morgan fingerprint density at radius 1 is 1.00 bits per heavy atom. The van der Waals surface area contributed by atoms with Crippen molar-refractivity contribution < 1.29 is 4.79 Å². The number of aryl methyl sites for hydroxylation is 3. The predicted octanol–water partition coefficient (Wildman–Crippen LogP) is 5.70. The number of anilines is 1. The number of amides is 1. The third-order valence-corrected chi connectivity index (χ3v) is 5.47. The Morgan fingerprint density at radius 3 is 2.40 bits per heavy atom. The van der Waals surface area contributed by atoms with E-state index in [0.717, 1.165) is 39.4 Å². The fourth-order valence-electron chi connectivity index (χ4n) is 3.80. The number of aromatic nitrogens is 3. The highest BCUT2D eigenvalue weighted by Gasteiger charge is 2.22. The van der Waals surface area contributed by atoms with Gasteiger partial charge in [0.15, 0.2) is 5.65 Å². The van der Waals surface area contributed by atoms with Gasteiger partial charge in [-0.2, -0.15) is 5.10 Å². The van der Waals surface area contributed by atoms with Gasteiger partial charge in [0.05, 0.1) is 17.0 Å². The minimum absolute atomic E-state index is 0.0962. The quantitative estimate of drug-likeness (QED) is 0.480. The van der Waals surface area contributed by atoms with Crippen LogP contribution in [0.15, 0.2) is 54.7 Å². The Hall–Kier alpha value is -3.47. The first-order chi connectivity index (χ1) is 14.4. The molecule has 2 aromatic carbocycles. The Balaban J connectivity index is 1.82. The van der Waals surface area contributed by atoms with Crippen LogP contribution < -0.4 is 5.32 Å². The van der Waals surface area contributed by atoms with Gasteiger partial charge >= 0.3 is 0 Å². The number of nitrogens with one attached hydrogen (secondary N) is 1. The Kier molecular flexibility index (Phi) is 5.12. The van der Waals surface area contributed by atoms with Gasteiger partial charge in [-0.25, -0.2) is 9.50 Å². The van der Waals surface area contributed by atoms with E-state index in [1.807, 2.05) is 54.8 Å². The Morgan fingerprint density at radius 2 is 1.73 bits per heavy atom. The van der Waals surface area contributed by atoms with Gasteiger partial charge in [-0.3, -0.25) is 4.79 Å². The molecule has 0 aliphatic carbocycles. The van der Waals surface area contributed by atoms with Crippen molar-refractivity contribution >= 4 is 17.2 Å². The zero-order valence-corrected chi connectivity index (χ0v) is 18.0. The van der Waals surface area contributed by atoms with E-state index in [9.17, 15) is 4.79 Å². The minimum Gasteiger partial charge on any atom is -0.322 e. The highest BCUT2D eigenvalue weighted by atomic mass is 16.1. The van der Waals surface area contributed by atoms with E-state index in [2.05, 4.69) is 43.2 Å². The third kappa shape index (κ3) is 3.47. The summed E-state index contributed by atoms with van der Waals surface area (Å²) in [5.74, 6) is -0.0790. The van der Waals surface area contributed by atoms with Gasteiger partial charge in [-0.05, 0) is 55.5 Å². The first-order valence-electron chi connectivity index (χ1n) is 10.2. The summed E-state index contributed by atoms with van der Waals surface area (Å²) in [5, 5.41) is 7.78. The van der Waals surface area contributed by atoms with Crippen molar-refractivity contribution in [2.24, 2.45) is 0 Å². The molecule has 0 radical (unpaired) electrons. The largest absolute Gasteiger partial charge is 0.322 e. The van der Waals surface area contributed by atoms with Gasteiger partial charge in [0, 0.05) is 17.4 Å². The summed E-state index contributed by atoms with van der Waals surface area (Å²) in [6, 6.07) is 16.0. The number of hydrogen-bond acceptors (Lipinski definition) is 3. The number of carbonyl (C=O) groups is 1. The molecule has 152 valence electrons. The molecule has 0 bridgehead atoms. The van der Waals surface area contributed by atoms with Gasteiger partial charge in [-0.15, -0.1) is 0 Å². The highest BCUT2D eigenvalue weighted by Crippen LogP contribution is 2.30. The number of fused-ring (bicyclic) bond motifs is 1. The van der Waals surface area contributed by atoms with E-state index in [4.69, 9.17) is 5.10 Å². The van der Waals surface area contributed by atoms with Crippen molar-refractivity contribution in [2.75, 3.05) is 5.32 Å². The average Bonchev–Trinajstić information content (AvgIpc) is 3.06. The van der Waals surface area contributed by atoms with Crippen molar-refractivity contribution in [2.45, 2.75) is 40.5 Å². The van der Waals surface area contributed by atoms with Crippen LogP contribution in [0.5, 0.6) is 0 Å². The van der Waals surface area contributed by atoms with Crippen molar-refractivity contribution in [1.82, 2.24) is 14.6 Å². The molecule has 1 amide bonds. The van der Waals surface area contributed by atoms with Crippen molar-refractivity contribution in [3.63, 3.8) is 0 Å². The fourth-order valence-corrected chi connectivity index (χ4v) is 3.80. The number of carbonyl (C=O) groups excluding carboxylic acids is 1. The summed E-state index contributed by atoms with van der Waals surface area (Å²) in [6.45, 7) is 10.2. The summed E-state index contributed by atoms with van der Waals surface area (Å²) in [7, 11) is 0. The van der Waals surface area contributed by atoms with E-state index in [1.165, 1.54) is 5.56 Å². The molecule has 30 heavy (non-hydrogen) atoms. The summed E-state index contributed by atoms with van der Waals surface area (Å²) < 4.78 is 1.83. The van der Waals surface area contributed by atoms with Crippen molar-refractivity contribution in [3.8, 4) is 11.1 Å². The maximum atomic E-state index is 13.1. The second-order valence-corrected chi connectivity index (χ2v) is 8.03. The molecule has 1 N–H and O–H groups in total. The topological polar surface area (TPSA) is 59.3 Å². The van der Waals surface area contributed by atoms with E-state index in [1.54, 1.807) is 6.20 Å². The zero-order valence-electron chi connectivity index (χ0n) is 18.0. The lowest BCUT2D eigenvalue weighted by Crippen LogP contribution is -2.18. The molecule has 0 unspecified atom stereocenters. The molecule has 0 fully saturated rings. The lowest BCUT2D eigenvalue weighted by atomic mass is 10.0. The average molecular weight is 399 g/mol. The van der Waals surface area contributed by atoms with Crippen LogP contribution in [0.25, 0.3) is 16.8 Å². The second kappa shape index (κ2) is 7.75. The SMILES string of the molecule is Cc1ccc(NC(=O)c2cnc3c(-c4ccccc4)c(C)nn3c2C(C)C)cc1C. The standard InChI is InChI=1S/C25H26N4O/c1-15(2)23-21(25(30)27-20-12-11-16(3)17(4)13-20)14-26-24-22(18(5)28-29(23)24)19-9-7-6-8-10-19/h6-15H,1-5H3,(H,27,30). The minimum atomic E-state index is -0.175. The first-order valence-corrected chi connectivity index (χ1v) is 10.2. The molecule has 0 saturated carbocycles. The lowest BCUT2D eigenvalue weighted by molar-refractivity contribution is 0.102. The fraction of sp³-hybridized carbons (Fsp3) is 0.240. The third-order valence-electron chi connectivity index (χ3n) is 5.47. The van der Waals surface area contributed by atoms with E-state index >= 15 is 0 Å². The molecule has 0 aliphatic heterocycles. The van der Waals surface area contributed by atoms with Crippen LogP contribution in [0, 0.1) is 20.8 Å². The molecule has 0 atom stereocenters. The molecule has 2 heterocycles. The molecular weight excluding hydrogens is 372 g/mol.